The number of carbonyl (C=O) groups excluding carboxylic acids is 4. The highest BCUT2D eigenvalue weighted by atomic mass is 31.2. The van der Waals surface area contributed by atoms with Crippen molar-refractivity contribution in [1.29, 1.82) is 0 Å². The van der Waals surface area contributed by atoms with Crippen molar-refractivity contribution in [2.24, 2.45) is 23.7 Å². The van der Waals surface area contributed by atoms with Gasteiger partial charge >= 0.3 is 39.5 Å². The lowest BCUT2D eigenvalue weighted by Crippen LogP contribution is -2.30. The van der Waals surface area contributed by atoms with E-state index >= 15 is 0 Å². The summed E-state index contributed by atoms with van der Waals surface area (Å²) in [7, 11) is -9.93. The molecule has 0 spiro atoms. The Kier molecular flexibility index (Phi) is 71.5. The van der Waals surface area contributed by atoms with Crippen LogP contribution in [0.1, 0.15) is 434 Å². The molecule has 3 N–H and O–H groups in total. The number of phosphoric acid groups is 2. The fraction of sp³-hybridized carbons (Fsp3) is 0.952. The van der Waals surface area contributed by atoms with Crippen molar-refractivity contribution < 1.29 is 80.2 Å². The maximum Gasteiger partial charge on any atom is 0.472 e. The third-order valence-electron chi connectivity index (χ3n) is 19.9. The zero-order valence-electron chi connectivity index (χ0n) is 68.0. The number of rotatable bonds is 81. The Bertz CT molecular complexity index is 2010. The number of carbonyl (C=O) groups is 4. The summed E-state index contributed by atoms with van der Waals surface area (Å²) in [4.78, 5) is 73.1. The zero-order chi connectivity index (χ0) is 76.0. The van der Waals surface area contributed by atoms with Gasteiger partial charge in [0.05, 0.1) is 26.4 Å². The summed E-state index contributed by atoms with van der Waals surface area (Å²) in [6.07, 6.45) is 61.1. The normalized spacial score (nSPS) is 14.2. The Morgan fingerprint density at radius 2 is 0.466 bits per heavy atom. The van der Waals surface area contributed by atoms with Gasteiger partial charge in [-0.05, 0) is 49.4 Å². The predicted octanol–water partition coefficient (Wildman–Crippen LogP) is 25.2. The van der Waals surface area contributed by atoms with Gasteiger partial charge in [-0.15, -0.1) is 0 Å². The van der Waals surface area contributed by atoms with Crippen molar-refractivity contribution in [2.45, 2.75) is 453 Å². The van der Waals surface area contributed by atoms with E-state index in [1.807, 2.05) is 0 Å². The minimum atomic E-state index is -4.96. The van der Waals surface area contributed by atoms with Crippen LogP contribution >= 0.6 is 15.6 Å². The second-order valence-electron chi connectivity index (χ2n) is 31.9. The van der Waals surface area contributed by atoms with Crippen LogP contribution in [0.2, 0.25) is 0 Å². The molecule has 0 amide bonds. The summed E-state index contributed by atoms with van der Waals surface area (Å²) in [5.41, 5.74) is 0. The quantitative estimate of drug-likeness (QED) is 0.0222. The summed E-state index contributed by atoms with van der Waals surface area (Å²) >= 11 is 0. The lowest BCUT2D eigenvalue weighted by atomic mass is 9.99. The highest BCUT2D eigenvalue weighted by Crippen LogP contribution is 2.45. The number of aliphatic hydroxyl groups is 1. The first kappa shape index (κ1) is 101. The maximum absolute atomic E-state index is 13.1. The molecule has 0 aromatic carbocycles. The molecule has 0 aliphatic carbocycles. The molecule has 19 heteroatoms. The molecular weight excluding hydrogens is 1340 g/mol. The number of hydrogen-bond donors (Lipinski definition) is 3. The van der Waals surface area contributed by atoms with Gasteiger partial charge in [-0.1, -0.05) is 383 Å². The number of ether oxygens (including phenoxy) is 4. The van der Waals surface area contributed by atoms with Crippen LogP contribution in [0.4, 0.5) is 0 Å². The van der Waals surface area contributed by atoms with Crippen LogP contribution in [0.15, 0.2) is 0 Å². The monoisotopic (exact) mass is 1510 g/mol. The average molecular weight is 1510 g/mol. The van der Waals surface area contributed by atoms with Crippen LogP contribution in [0.25, 0.3) is 0 Å². The molecule has 0 rings (SSSR count). The minimum Gasteiger partial charge on any atom is -0.462 e. The van der Waals surface area contributed by atoms with Crippen molar-refractivity contribution in [3.05, 3.63) is 0 Å². The number of aliphatic hydroxyl groups excluding tert-OH is 1. The van der Waals surface area contributed by atoms with Crippen molar-refractivity contribution in [2.75, 3.05) is 39.6 Å². The number of hydrogen-bond acceptors (Lipinski definition) is 15. The molecule has 6 atom stereocenters. The van der Waals surface area contributed by atoms with Crippen LogP contribution in [0.3, 0.4) is 0 Å². The van der Waals surface area contributed by atoms with Gasteiger partial charge in [-0.2, -0.15) is 0 Å². The van der Waals surface area contributed by atoms with E-state index < -0.39 is 97.5 Å². The molecule has 103 heavy (non-hydrogen) atoms. The SMILES string of the molecule is CCC(C)CCCCCCCCCCCCCCCCCCCCC(=O)O[C@H](COC(=O)CCCCCCCCCC(C)C)COP(=O)(O)OCC(O)COP(=O)(O)OC[C@@H](COC(=O)CCCCCCCCCCCCCC(C)C)OC(=O)CCCCCCCCCCCCCCCCC(C)C. The second kappa shape index (κ2) is 72.9. The Morgan fingerprint density at radius 1 is 0.272 bits per heavy atom. The molecular formula is C84H164O17P2. The standard InChI is InChI=1S/C84H164O17P2/c1-9-77(8)63-55-47-39-31-25-19-14-12-10-11-13-15-20-26-33-41-50-58-66-84(89)101-80(71-95-82(87)65-57-49-43-35-38-46-54-62-76(6)7)73-99-103(92,93)97-69-78(85)68-96-102(90,91)98-72-79(70-94-81(86)64-56-48-40-32-28-22-24-30-37-45-53-61-75(4)5)100-83(88)67-59-51-42-34-27-21-17-16-18-23-29-36-44-52-60-74(2)3/h74-80,85H,9-73H2,1-8H3,(H,90,91)(H,92,93)/t77?,78?,79-,80-/m1/s1. The van der Waals surface area contributed by atoms with Gasteiger partial charge in [0.15, 0.2) is 12.2 Å². The summed E-state index contributed by atoms with van der Waals surface area (Å²) in [6.45, 7) is 14.3. The molecule has 0 aromatic heterocycles. The van der Waals surface area contributed by atoms with Gasteiger partial charge in [-0.3, -0.25) is 37.3 Å². The van der Waals surface area contributed by atoms with E-state index in [0.717, 1.165) is 114 Å². The van der Waals surface area contributed by atoms with Crippen LogP contribution in [-0.2, 0) is 65.4 Å². The first-order valence-corrected chi connectivity index (χ1v) is 46.2. The maximum atomic E-state index is 13.1. The van der Waals surface area contributed by atoms with E-state index in [1.54, 1.807) is 0 Å². The molecule has 0 aliphatic heterocycles. The van der Waals surface area contributed by atoms with E-state index in [-0.39, 0.29) is 25.7 Å². The lowest BCUT2D eigenvalue weighted by molar-refractivity contribution is -0.161. The second-order valence-corrected chi connectivity index (χ2v) is 34.8. The molecule has 0 bridgehead atoms. The molecule has 4 unspecified atom stereocenters. The fourth-order valence-corrected chi connectivity index (χ4v) is 14.5. The van der Waals surface area contributed by atoms with Crippen molar-refractivity contribution in [3.8, 4) is 0 Å². The first-order chi connectivity index (χ1) is 49.6. The van der Waals surface area contributed by atoms with Gasteiger partial charge < -0.3 is 33.8 Å². The Hall–Kier alpha value is -1.94. The minimum absolute atomic E-state index is 0.107. The molecule has 17 nitrogen and oxygen atoms in total. The largest absolute Gasteiger partial charge is 0.472 e. The first-order valence-electron chi connectivity index (χ1n) is 43.2. The van der Waals surface area contributed by atoms with E-state index in [1.165, 1.54) is 231 Å². The highest BCUT2D eigenvalue weighted by Gasteiger charge is 2.30. The summed E-state index contributed by atoms with van der Waals surface area (Å²) < 4.78 is 68.8. The van der Waals surface area contributed by atoms with Gasteiger partial charge in [-0.25, -0.2) is 9.13 Å². The van der Waals surface area contributed by atoms with Crippen molar-refractivity contribution >= 4 is 39.5 Å². The molecule has 0 saturated carbocycles. The molecule has 0 aliphatic rings. The molecule has 0 saturated heterocycles. The number of phosphoric ester groups is 2. The topological polar surface area (TPSA) is 237 Å². The van der Waals surface area contributed by atoms with Crippen LogP contribution in [-0.4, -0.2) is 96.7 Å². The van der Waals surface area contributed by atoms with E-state index in [0.29, 0.717) is 31.6 Å². The zero-order valence-corrected chi connectivity index (χ0v) is 69.7. The molecule has 0 fully saturated rings. The van der Waals surface area contributed by atoms with Crippen LogP contribution in [0.5, 0.6) is 0 Å². The fourth-order valence-electron chi connectivity index (χ4n) is 12.9. The Balaban J connectivity index is 5.20. The van der Waals surface area contributed by atoms with Gasteiger partial charge in [0.1, 0.15) is 19.3 Å². The van der Waals surface area contributed by atoms with Crippen molar-refractivity contribution in [1.82, 2.24) is 0 Å². The number of esters is 4. The summed E-state index contributed by atoms with van der Waals surface area (Å²) in [6, 6.07) is 0. The van der Waals surface area contributed by atoms with Gasteiger partial charge in [0, 0.05) is 25.7 Å². The summed E-state index contributed by atoms with van der Waals surface area (Å²) in [5, 5.41) is 10.7. The summed E-state index contributed by atoms with van der Waals surface area (Å²) in [5.74, 6) is 1.03. The average Bonchev–Trinajstić information content (AvgIpc) is 0.912. The van der Waals surface area contributed by atoms with E-state index in [4.69, 9.17) is 37.0 Å². The van der Waals surface area contributed by atoms with E-state index in [9.17, 15) is 43.2 Å². The Morgan fingerprint density at radius 3 is 0.689 bits per heavy atom. The van der Waals surface area contributed by atoms with Gasteiger partial charge in [0.2, 0.25) is 0 Å². The van der Waals surface area contributed by atoms with Crippen LogP contribution < -0.4 is 0 Å². The van der Waals surface area contributed by atoms with Crippen molar-refractivity contribution in [3.63, 3.8) is 0 Å². The number of unbranched alkanes of at least 4 members (excludes halogenated alkanes) is 46. The third-order valence-corrected chi connectivity index (χ3v) is 21.8. The van der Waals surface area contributed by atoms with Gasteiger partial charge in [0.25, 0.3) is 0 Å². The lowest BCUT2D eigenvalue weighted by Gasteiger charge is -2.21. The predicted molar refractivity (Wildman–Crippen MR) is 423 cm³/mol. The molecule has 0 heterocycles. The third kappa shape index (κ3) is 76.6. The molecule has 0 aromatic rings. The molecule has 612 valence electrons. The smallest absolute Gasteiger partial charge is 0.462 e. The van der Waals surface area contributed by atoms with E-state index in [2.05, 4.69) is 55.4 Å². The Labute approximate surface area is 632 Å². The highest BCUT2D eigenvalue weighted by molar-refractivity contribution is 7.47. The van der Waals surface area contributed by atoms with Crippen LogP contribution in [0, 0.1) is 23.7 Å². The molecule has 0 radical (unpaired) electrons.